The molecule has 1 unspecified atom stereocenters. The lowest BCUT2D eigenvalue weighted by molar-refractivity contribution is -0.384. The van der Waals surface area contributed by atoms with Gasteiger partial charge in [-0.25, -0.2) is 9.78 Å². The molecule has 8 nitrogen and oxygen atoms in total. The van der Waals surface area contributed by atoms with E-state index in [1.807, 2.05) is 23.9 Å². The molecule has 2 rings (SSSR count). The average molecular weight is 294 g/mol. The molecule has 0 amide bonds. The minimum atomic E-state index is -1.19. The molecule has 0 radical (unpaired) electrons. The van der Waals surface area contributed by atoms with Crippen LogP contribution in [0.25, 0.3) is 0 Å². The Labute approximate surface area is 122 Å². The second kappa shape index (κ2) is 6.04. The molecule has 1 N–H and O–H groups in total. The molecule has 1 aromatic rings. The summed E-state index contributed by atoms with van der Waals surface area (Å²) in [5.41, 5.74) is -0.322. The molecule has 8 heteroatoms. The minimum absolute atomic E-state index is 0.107. The molecule has 0 bridgehead atoms. The average Bonchev–Trinajstić information content (AvgIpc) is 2.84. The van der Waals surface area contributed by atoms with Gasteiger partial charge in [0.2, 0.25) is 5.82 Å². The summed E-state index contributed by atoms with van der Waals surface area (Å²) >= 11 is 0. The van der Waals surface area contributed by atoms with Gasteiger partial charge in [0.05, 0.1) is 4.92 Å². The molecule has 1 saturated heterocycles. The van der Waals surface area contributed by atoms with Crippen LogP contribution in [0.2, 0.25) is 0 Å². The predicted molar refractivity (Wildman–Crippen MR) is 76.8 cm³/mol. The normalized spacial score (nSPS) is 18.2. The van der Waals surface area contributed by atoms with E-state index < -0.39 is 10.9 Å². The van der Waals surface area contributed by atoms with Crippen LogP contribution in [-0.4, -0.2) is 59.1 Å². The van der Waals surface area contributed by atoms with Crippen LogP contribution in [0.1, 0.15) is 23.3 Å². The third-order valence-electron chi connectivity index (χ3n) is 3.50. The molecule has 21 heavy (non-hydrogen) atoms. The summed E-state index contributed by atoms with van der Waals surface area (Å²) in [5, 5.41) is 20.2. The molecule has 0 saturated carbocycles. The number of aromatic carboxylic acids is 1. The molecule has 1 aliphatic heterocycles. The highest BCUT2D eigenvalue weighted by Gasteiger charge is 2.32. The van der Waals surface area contributed by atoms with Gasteiger partial charge in [0.15, 0.2) is 5.69 Å². The summed E-state index contributed by atoms with van der Waals surface area (Å²) < 4.78 is 0. The van der Waals surface area contributed by atoms with Crippen LogP contribution in [0.15, 0.2) is 12.1 Å². The van der Waals surface area contributed by atoms with Gasteiger partial charge in [-0.05, 0) is 33.0 Å². The number of rotatable bonds is 5. The van der Waals surface area contributed by atoms with Crippen LogP contribution in [0.4, 0.5) is 11.5 Å². The monoisotopic (exact) mass is 294 g/mol. The highest BCUT2D eigenvalue weighted by molar-refractivity contribution is 5.86. The van der Waals surface area contributed by atoms with Gasteiger partial charge in [-0.3, -0.25) is 10.1 Å². The van der Waals surface area contributed by atoms with Crippen molar-refractivity contribution in [2.45, 2.75) is 18.9 Å². The molecule has 0 spiro atoms. The smallest absolute Gasteiger partial charge is 0.354 e. The van der Waals surface area contributed by atoms with Gasteiger partial charge < -0.3 is 14.9 Å². The lowest BCUT2D eigenvalue weighted by Crippen LogP contribution is -2.38. The van der Waals surface area contributed by atoms with Crippen molar-refractivity contribution in [2.75, 3.05) is 32.1 Å². The van der Waals surface area contributed by atoms with Crippen molar-refractivity contribution in [3.05, 3.63) is 27.9 Å². The van der Waals surface area contributed by atoms with Gasteiger partial charge in [-0.15, -0.1) is 0 Å². The summed E-state index contributed by atoms with van der Waals surface area (Å²) in [6, 6.07) is 2.49. The Morgan fingerprint density at radius 3 is 2.86 bits per heavy atom. The Morgan fingerprint density at radius 1 is 1.57 bits per heavy atom. The summed E-state index contributed by atoms with van der Waals surface area (Å²) in [5.74, 6) is -1.03. The van der Waals surface area contributed by atoms with Crippen LogP contribution in [0.5, 0.6) is 0 Å². The Balaban J connectivity index is 2.41. The van der Waals surface area contributed by atoms with Crippen molar-refractivity contribution in [3.8, 4) is 0 Å². The summed E-state index contributed by atoms with van der Waals surface area (Å²) in [7, 11) is 3.87. The van der Waals surface area contributed by atoms with E-state index in [1.165, 1.54) is 12.1 Å². The second-order valence-corrected chi connectivity index (χ2v) is 5.35. The van der Waals surface area contributed by atoms with Crippen molar-refractivity contribution in [3.63, 3.8) is 0 Å². The number of hydrogen-bond donors (Lipinski definition) is 1. The van der Waals surface area contributed by atoms with Gasteiger partial charge in [0, 0.05) is 25.2 Å². The maximum absolute atomic E-state index is 11.2. The van der Waals surface area contributed by atoms with Crippen LogP contribution in [0.3, 0.4) is 0 Å². The standard InChI is InChI=1S/C13H18N4O4/c1-15(2)8-9-4-3-7-16(9)12-11(17(20)21)6-5-10(14-12)13(18)19/h5-6,9H,3-4,7-8H2,1-2H3,(H,18,19). The lowest BCUT2D eigenvalue weighted by Gasteiger charge is -2.27. The van der Waals surface area contributed by atoms with E-state index in [2.05, 4.69) is 4.98 Å². The molecule has 1 aromatic heterocycles. The van der Waals surface area contributed by atoms with Crippen molar-refractivity contribution in [2.24, 2.45) is 0 Å². The molecule has 1 fully saturated rings. The van der Waals surface area contributed by atoms with Crippen LogP contribution >= 0.6 is 0 Å². The van der Waals surface area contributed by atoms with E-state index >= 15 is 0 Å². The quantitative estimate of drug-likeness (QED) is 0.643. The summed E-state index contributed by atoms with van der Waals surface area (Å²) in [6.45, 7) is 1.39. The molecule has 0 aromatic carbocycles. The minimum Gasteiger partial charge on any atom is -0.477 e. The van der Waals surface area contributed by atoms with Gasteiger partial charge in [-0.2, -0.15) is 0 Å². The fraction of sp³-hybridized carbons (Fsp3) is 0.538. The van der Waals surface area contributed by atoms with E-state index in [-0.39, 0.29) is 23.2 Å². The third kappa shape index (κ3) is 3.27. The van der Waals surface area contributed by atoms with Gasteiger partial charge in [-0.1, -0.05) is 0 Å². The van der Waals surface area contributed by atoms with Gasteiger partial charge in [0.1, 0.15) is 0 Å². The third-order valence-corrected chi connectivity index (χ3v) is 3.50. The number of hydrogen-bond acceptors (Lipinski definition) is 6. The molecule has 0 aliphatic carbocycles. The van der Waals surface area contributed by atoms with Crippen LogP contribution in [-0.2, 0) is 0 Å². The number of aromatic nitrogens is 1. The van der Waals surface area contributed by atoms with E-state index in [0.717, 1.165) is 19.4 Å². The van der Waals surface area contributed by atoms with Crippen molar-refractivity contribution in [1.29, 1.82) is 0 Å². The number of anilines is 1. The van der Waals surface area contributed by atoms with Crippen molar-refractivity contribution >= 4 is 17.5 Å². The number of nitro groups is 1. The van der Waals surface area contributed by atoms with Gasteiger partial charge in [0.25, 0.3) is 0 Å². The first-order valence-corrected chi connectivity index (χ1v) is 6.70. The fourth-order valence-corrected chi connectivity index (χ4v) is 2.64. The highest BCUT2D eigenvalue weighted by atomic mass is 16.6. The van der Waals surface area contributed by atoms with Gasteiger partial charge >= 0.3 is 11.7 Å². The molecule has 114 valence electrons. The number of carbonyl (C=O) groups is 1. The SMILES string of the molecule is CN(C)CC1CCCN1c1nc(C(=O)O)ccc1[N+](=O)[O-]. The molecule has 1 atom stereocenters. The van der Waals surface area contributed by atoms with E-state index in [1.54, 1.807) is 0 Å². The number of carboxylic acid groups (broad SMARTS) is 1. The lowest BCUT2D eigenvalue weighted by atomic mass is 10.2. The first-order chi connectivity index (χ1) is 9.90. The Kier molecular flexibility index (Phi) is 4.37. The first kappa shape index (κ1) is 15.2. The zero-order valence-corrected chi connectivity index (χ0v) is 12.0. The van der Waals surface area contributed by atoms with Crippen molar-refractivity contribution < 1.29 is 14.8 Å². The zero-order chi connectivity index (χ0) is 15.6. The number of pyridine rings is 1. The number of likely N-dealkylation sites (N-methyl/N-ethyl adjacent to an activating group) is 1. The Bertz CT molecular complexity index is 561. The zero-order valence-electron chi connectivity index (χ0n) is 12.0. The summed E-state index contributed by atoms with van der Waals surface area (Å²) in [6.07, 6.45) is 1.82. The highest BCUT2D eigenvalue weighted by Crippen LogP contribution is 2.32. The maximum atomic E-state index is 11.2. The maximum Gasteiger partial charge on any atom is 0.354 e. The van der Waals surface area contributed by atoms with E-state index in [0.29, 0.717) is 6.54 Å². The van der Waals surface area contributed by atoms with E-state index in [4.69, 9.17) is 5.11 Å². The predicted octanol–water partition coefficient (Wildman–Crippen LogP) is 1.22. The number of carboxylic acids is 1. The van der Waals surface area contributed by atoms with Crippen LogP contribution < -0.4 is 4.90 Å². The molecular formula is C13H18N4O4. The molecular weight excluding hydrogens is 276 g/mol. The van der Waals surface area contributed by atoms with Crippen LogP contribution in [0, 0.1) is 10.1 Å². The largest absolute Gasteiger partial charge is 0.477 e. The second-order valence-electron chi connectivity index (χ2n) is 5.35. The fourth-order valence-electron chi connectivity index (χ4n) is 2.64. The molecule has 2 heterocycles. The Hall–Kier alpha value is -2.22. The Morgan fingerprint density at radius 2 is 2.29 bits per heavy atom. The summed E-state index contributed by atoms with van der Waals surface area (Å²) in [4.78, 5) is 29.6. The molecule has 1 aliphatic rings. The topological polar surface area (TPSA) is 99.8 Å². The van der Waals surface area contributed by atoms with Crippen molar-refractivity contribution in [1.82, 2.24) is 9.88 Å². The number of nitrogens with zero attached hydrogens (tertiary/aromatic N) is 4. The first-order valence-electron chi connectivity index (χ1n) is 6.70. The van der Waals surface area contributed by atoms with E-state index in [9.17, 15) is 14.9 Å².